The molecule has 0 spiro atoms. The number of hydrogen-bond acceptors (Lipinski definition) is 5. The van der Waals surface area contributed by atoms with Crippen molar-refractivity contribution >= 4 is 11.7 Å². The summed E-state index contributed by atoms with van der Waals surface area (Å²) >= 11 is 0. The highest BCUT2D eigenvalue weighted by molar-refractivity contribution is 5.78. The number of carbonyl (C=O) groups excluding carboxylic acids is 1. The summed E-state index contributed by atoms with van der Waals surface area (Å²) in [6.45, 7) is 5.49. The van der Waals surface area contributed by atoms with Gasteiger partial charge >= 0.3 is 0 Å². The smallest absolute Gasteiger partial charge is 0.225 e. The van der Waals surface area contributed by atoms with Crippen molar-refractivity contribution in [1.82, 2.24) is 14.9 Å². The first-order chi connectivity index (χ1) is 9.60. The molecule has 0 unspecified atom stereocenters. The van der Waals surface area contributed by atoms with E-state index in [4.69, 9.17) is 4.74 Å². The van der Waals surface area contributed by atoms with Crippen LogP contribution in [0.15, 0.2) is 12.4 Å². The van der Waals surface area contributed by atoms with Gasteiger partial charge in [-0.2, -0.15) is 0 Å². The minimum Gasteiger partial charge on any atom is -0.481 e. The summed E-state index contributed by atoms with van der Waals surface area (Å²) in [5.74, 6) is 1.64. The summed E-state index contributed by atoms with van der Waals surface area (Å²) in [6.07, 6.45) is 3.36. The highest BCUT2D eigenvalue weighted by Crippen LogP contribution is 2.18. The zero-order valence-corrected chi connectivity index (χ0v) is 12.3. The van der Waals surface area contributed by atoms with E-state index in [0.29, 0.717) is 11.9 Å². The fourth-order valence-electron chi connectivity index (χ4n) is 2.35. The largest absolute Gasteiger partial charge is 0.481 e. The maximum absolute atomic E-state index is 11.9. The summed E-state index contributed by atoms with van der Waals surface area (Å²) in [4.78, 5) is 22.0. The molecule has 2 rings (SSSR count). The molecule has 0 radical (unpaired) electrons. The first-order valence-corrected chi connectivity index (χ1v) is 7.01. The van der Waals surface area contributed by atoms with Gasteiger partial charge < -0.3 is 15.0 Å². The van der Waals surface area contributed by atoms with E-state index in [1.807, 2.05) is 18.7 Å². The predicted molar refractivity (Wildman–Crippen MR) is 76.6 cm³/mol. The molecule has 1 fully saturated rings. The molecule has 1 aromatic rings. The van der Waals surface area contributed by atoms with Gasteiger partial charge in [-0.05, 0) is 12.8 Å². The monoisotopic (exact) mass is 278 g/mol. The fraction of sp³-hybridized carbons (Fsp3) is 0.643. The minimum atomic E-state index is 0.0747. The van der Waals surface area contributed by atoms with Gasteiger partial charge in [-0.3, -0.25) is 4.79 Å². The molecule has 6 heteroatoms. The summed E-state index contributed by atoms with van der Waals surface area (Å²) in [7, 11) is 1.59. The van der Waals surface area contributed by atoms with Crippen molar-refractivity contribution in [3.8, 4) is 5.88 Å². The summed E-state index contributed by atoms with van der Waals surface area (Å²) < 4.78 is 5.07. The lowest BCUT2D eigenvalue weighted by Crippen LogP contribution is -2.44. The summed E-state index contributed by atoms with van der Waals surface area (Å²) in [6, 6.07) is 2.12. The number of carbonyl (C=O) groups is 1. The van der Waals surface area contributed by atoms with Gasteiger partial charge in [-0.25, -0.2) is 9.97 Å². The maximum Gasteiger partial charge on any atom is 0.225 e. The van der Waals surface area contributed by atoms with Crippen LogP contribution in [0.25, 0.3) is 0 Å². The highest BCUT2D eigenvalue weighted by atomic mass is 16.5. The summed E-state index contributed by atoms with van der Waals surface area (Å²) in [5, 5.41) is 3.38. The van der Waals surface area contributed by atoms with Crippen molar-refractivity contribution < 1.29 is 9.53 Å². The quantitative estimate of drug-likeness (QED) is 0.905. The molecule has 0 bridgehead atoms. The first-order valence-electron chi connectivity index (χ1n) is 7.01. The molecule has 1 aliphatic heterocycles. The number of piperidine rings is 1. The van der Waals surface area contributed by atoms with Crippen LogP contribution >= 0.6 is 0 Å². The number of hydrogen-bond donors (Lipinski definition) is 1. The van der Waals surface area contributed by atoms with Gasteiger partial charge in [0.15, 0.2) is 0 Å². The molecule has 0 aromatic carbocycles. The van der Waals surface area contributed by atoms with E-state index >= 15 is 0 Å². The number of amides is 1. The van der Waals surface area contributed by atoms with Crippen molar-refractivity contribution in [1.29, 1.82) is 0 Å². The molecule has 0 atom stereocenters. The Morgan fingerprint density at radius 3 is 2.70 bits per heavy atom. The van der Waals surface area contributed by atoms with Gasteiger partial charge in [0.2, 0.25) is 11.8 Å². The second-order valence-corrected chi connectivity index (χ2v) is 5.34. The van der Waals surface area contributed by atoms with E-state index in [-0.39, 0.29) is 11.8 Å². The van der Waals surface area contributed by atoms with Crippen molar-refractivity contribution in [3.05, 3.63) is 12.4 Å². The molecule has 1 aromatic heterocycles. The first kappa shape index (κ1) is 14.6. The number of nitrogens with zero attached hydrogens (tertiary/aromatic N) is 3. The second-order valence-electron chi connectivity index (χ2n) is 5.34. The van der Waals surface area contributed by atoms with Crippen LogP contribution < -0.4 is 10.1 Å². The van der Waals surface area contributed by atoms with Crippen LogP contribution in [0.1, 0.15) is 26.7 Å². The van der Waals surface area contributed by atoms with Crippen molar-refractivity contribution in [3.63, 3.8) is 0 Å². The lowest BCUT2D eigenvalue weighted by atomic mass is 10.0. The number of aromatic nitrogens is 2. The lowest BCUT2D eigenvalue weighted by Gasteiger charge is -2.33. The predicted octanol–water partition coefficient (Wildman–Crippen LogP) is 1.54. The molecule has 20 heavy (non-hydrogen) atoms. The van der Waals surface area contributed by atoms with E-state index in [1.54, 1.807) is 13.2 Å². The molecule has 6 nitrogen and oxygen atoms in total. The van der Waals surface area contributed by atoms with Crippen LogP contribution in [0.2, 0.25) is 0 Å². The fourth-order valence-corrected chi connectivity index (χ4v) is 2.35. The Hall–Kier alpha value is -1.85. The van der Waals surface area contributed by atoms with E-state index in [9.17, 15) is 4.79 Å². The molecule has 2 heterocycles. The third-order valence-electron chi connectivity index (χ3n) is 3.50. The van der Waals surface area contributed by atoms with Crippen molar-refractivity contribution in [2.45, 2.75) is 32.7 Å². The molecule has 0 aliphatic carbocycles. The Balaban J connectivity index is 1.86. The molecule has 0 saturated carbocycles. The number of methoxy groups -OCH3 is 1. The van der Waals surface area contributed by atoms with Crippen LogP contribution in [0.5, 0.6) is 5.88 Å². The molecule has 1 aliphatic rings. The third-order valence-corrected chi connectivity index (χ3v) is 3.50. The number of ether oxygens (including phenoxy) is 1. The van der Waals surface area contributed by atoms with E-state index < -0.39 is 0 Å². The molecule has 110 valence electrons. The molecule has 1 saturated heterocycles. The number of rotatable bonds is 4. The van der Waals surface area contributed by atoms with E-state index in [0.717, 1.165) is 31.7 Å². The number of nitrogens with one attached hydrogen (secondary N) is 1. The lowest BCUT2D eigenvalue weighted by molar-refractivity contribution is -0.135. The van der Waals surface area contributed by atoms with Gasteiger partial charge in [0.25, 0.3) is 0 Å². The zero-order valence-electron chi connectivity index (χ0n) is 12.3. The van der Waals surface area contributed by atoms with Gasteiger partial charge in [-0.1, -0.05) is 13.8 Å². The Labute approximate surface area is 119 Å². The standard InChI is InChI=1S/C14H22N4O2/c1-10(2)14(19)18-6-4-11(5-7-18)17-12-8-13(20-3)16-9-15-12/h8-11H,4-7H2,1-3H3,(H,15,16,17). The van der Waals surface area contributed by atoms with Gasteiger partial charge in [0, 0.05) is 31.1 Å². The van der Waals surface area contributed by atoms with Crippen LogP contribution in [0.4, 0.5) is 5.82 Å². The Morgan fingerprint density at radius 2 is 2.10 bits per heavy atom. The SMILES string of the molecule is COc1cc(NC2CCN(C(=O)C(C)C)CC2)ncn1. The Bertz CT molecular complexity index is 456. The maximum atomic E-state index is 11.9. The third kappa shape index (κ3) is 3.59. The number of likely N-dealkylation sites (tertiary alicyclic amines) is 1. The van der Waals surface area contributed by atoms with Crippen LogP contribution in [0, 0.1) is 5.92 Å². The minimum absolute atomic E-state index is 0.0747. The average Bonchev–Trinajstić information content (AvgIpc) is 2.47. The Morgan fingerprint density at radius 1 is 1.40 bits per heavy atom. The van der Waals surface area contributed by atoms with Crippen molar-refractivity contribution in [2.24, 2.45) is 5.92 Å². The Kier molecular flexibility index (Phi) is 4.76. The van der Waals surface area contributed by atoms with Crippen LogP contribution in [-0.4, -0.2) is 47.0 Å². The van der Waals surface area contributed by atoms with Crippen molar-refractivity contribution in [2.75, 3.05) is 25.5 Å². The van der Waals surface area contributed by atoms with Gasteiger partial charge in [0.1, 0.15) is 12.1 Å². The molecule has 1 N–H and O–H groups in total. The molecule has 1 amide bonds. The zero-order chi connectivity index (χ0) is 14.5. The van der Waals surface area contributed by atoms with Gasteiger partial charge in [-0.15, -0.1) is 0 Å². The highest BCUT2D eigenvalue weighted by Gasteiger charge is 2.24. The van der Waals surface area contributed by atoms with Gasteiger partial charge in [0.05, 0.1) is 7.11 Å². The second kappa shape index (κ2) is 6.54. The normalized spacial score (nSPS) is 16.3. The van der Waals surface area contributed by atoms with Crippen LogP contribution in [-0.2, 0) is 4.79 Å². The van der Waals surface area contributed by atoms with Crippen LogP contribution in [0.3, 0.4) is 0 Å². The van der Waals surface area contributed by atoms with E-state index in [1.165, 1.54) is 6.33 Å². The summed E-state index contributed by atoms with van der Waals surface area (Å²) in [5.41, 5.74) is 0. The molecular formula is C14H22N4O2. The average molecular weight is 278 g/mol. The number of anilines is 1. The molecular weight excluding hydrogens is 256 g/mol. The topological polar surface area (TPSA) is 67.3 Å². The van der Waals surface area contributed by atoms with E-state index in [2.05, 4.69) is 15.3 Å².